The van der Waals surface area contributed by atoms with Crippen LogP contribution in [0.5, 0.6) is 0 Å². The quantitative estimate of drug-likeness (QED) is 0.527. The van der Waals surface area contributed by atoms with Gasteiger partial charge in [-0.25, -0.2) is 4.39 Å². The minimum absolute atomic E-state index is 0.207. The first-order valence-corrected chi connectivity index (χ1v) is 7.81. The lowest BCUT2D eigenvalue weighted by atomic mass is 10.2. The molecular formula is C16H9FN2OS2. The first-order valence-electron chi connectivity index (χ1n) is 6.58. The van der Waals surface area contributed by atoms with Crippen LogP contribution in [-0.2, 0) is 0 Å². The van der Waals surface area contributed by atoms with Crippen molar-refractivity contribution < 1.29 is 4.39 Å². The van der Waals surface area contributed by atoms with E-state index >= 15 is 0 Å². The second-order valence-corrected chi connectivity index (χ2v) is 6.48. The molecule has 22 heavy (non-hydrogen) atoms. The van der Waals surface area contributed by atoms with Gasteiger partial charge in [0, 0.05) is 5.56 Å². The van der Waals surface area contributed by atoms with Crippen molar-refractivity contribution in [3.05, 3.63) is 68.7 Å². The number of thiazole rings is 1. The van der Waals surface area contributed by atoms with E-state index in [1.54, 1.807) is 34.7 Å². The number of aromatic nitrogens is 2. The number of rotatable bonds is 1. The third-order valence-electron chi connectivity index (χ3n) is 3.55. The fourth-order valence-electron chi connectivity index (χ4n) is 2.57. The molecule has 6 heteroatoms. The molecule has 0 saturated carbocycles. The van der Waals surface area contributed by atoms with Crippen molar-refractivity contribution in [2.75, 3.05) is 0 Å². The van der Waals surface area contributed by atoms with E-state index < -0.39 is 0 Å². The maximum absolute atomic E-state index is 14.1. The molecule has 0 bridgehead atoms. The zero-order valence-corrected chi connectivity index (χ0v) is 12.8. The van der Waals surface area contributed by atoms with Crippen molar-refractivity contribution in [3.8, 4) is 10.4 Å². The van der Waals surface area contributed by atoms with Gasteiger partial charge in [0.1, 0.15) is 11.5 Å². The summed E-state index contributed by atoms with van der Waals surface area (Å²) in [7, 11) is 0. The van der Waals surface area contributed by atoms with E-state index in [-0.39, 0.29) is 11.4 Å². The lowest BCUT2D eigenvalue weighted by molar-refractivity contribution is 0.632. The second-order valence-electron chi connectivity index (χ2n) is 4.83. The molecule has 0 radical (unpaired) electrons. The molecule has 4 aromatic rings. The number of halogens is 1. The minimum atomic E-state index is -0.338. The zero-order valence-electron chi connectivity index (χ0n) is 11.2. The summed E-state index contributed by atoms with van der Waals surface area (Å²) >= 11 is 6.71. The Kier molecular flexibility index (Phi) is 2.95. The summed E-state index contributed by atoms with van der Waals surface area (Å²) in [5.41, 5.74) is 1.49. The highest BCUT2D eigenvalue weighted by Crippen LogP contribution is 2.33. The van der Waals surface area contributed by atoms with E-state index in [1.165, 1.54) is 17.4 Å². The lowest BCUT2D eigenvalue weighted by Gasteiger charge is -2.04. The molecule has 1 N–H and O–H groups in total. The number of aromatic amines is 1. The summed E-state index contributed by atoms with van der Waals surface area (Å²) in [4.78, 5) is 15.7. The average Bonchev–Trinajstić information content (AvgIpc) is 2.85. The van der Waals surface area contributed by atoms with E-state index in [1.807, 2.05) is 12.1 Å². The first kappa shape index (κ1) is 13.4. The second kappa shape index (κ2) is 4.86. The molecule has 3 nitrogen and oxygen atoms in total. The summed E-state index contributed by atoms with van der Waals surface area (Å²) in [6.45, 7) is 0. The third-order valence-corrected chi connectivity index (χ3v) is 4.96. The van der Waals surface area contributed by atoms with E-state index in [9.17, 15) is 9.18 Å². The van der Waals surface area contributed by atoms with Crippen LogP contribution in [0.25, 0.3) is 27.0 Å². The van der Waals surface area contributed by atoms with Crippen LogP contribution in [0.4, 0.5) is 4.39 Å². The lowest BCUT2D eigenvalue weighted by Crippen LogP contribution is -2.09. The number of benzene rings is 2. The fraction of sp³-hybridized carbons (Fsp3) is 0. The molecule has 2 aromatic carbocycles. The van der Waals surface area contributed by atoms with Crippen molar-refractivity contribution >= 4 is 40.1 Å². The highest BCUT2D eigenvalue weighted by molar-refractivity contribution is 7.73. The topological polar surface area (TPSA) is 37.3 Å². The van der Waals surface area contributed by atoms with Gasteiger partial charge in [-0.05, 0) is 30.4 Å². The number of nitrogens with one attached hydrogen (secondary N) is 1. The van der Waals surface area contributed by atoms with Gasteiger partial charge in [-0.3, -0.25) is 9.20 Å². The van der Waals surface area contributed by atoms with Crippen LogP contribution in [0, 0.1) is 9.77 Å². The smallest absolute Gasteiger partial charge is 0.258 e. The molecular weight excluding hydrogens is 319 g/mol. The Bertz CT molecular complexity index is 1140. The molecule has 0 aliphatic rings. The maximum atomic E-state index is 14.1. The molecule has 108 valence electrons. The molecule has 0 spiro atoms. The number of nitrogens with zero attached hydrogens (tertiary/aromatic N) is 1. The van der Waals surface area contributed by atoms with Gasteiger partial charge < -0.3 is 4.98 Å². The van der Waals surface area contributed by atoms with E-state index in [0.29, 0.717) is 25.4 Å². The summed E-state index contributed by atoms with van der Waals surface area (Å²) < 4.78 is 16.5. The number of hydrogen-bond acceptors (Lipinski definition) is 3. The van der Waals surface area contributed by atoms with Crippen molar-refractivity contribution in [2.24, 2.45) is 0 Å². The Hall–Kier alpha value is -2.31. The van der Waals surface area contributed by atoms with E-state index in [2.05, 4.69) is 4.98 Å². The molecule has 0 unspecified atom stereocenters. The Labute approximate surface area is 133 Å². The zero-order chi connectivity index (χ0) is 15.3. The normalized spacial score (nSPS) is 11.3. The van der Waals surface area contributed by atoms with Crippen LogP contribution in [0.2, 0.25) is 0 Å². The summed E-state index contributed by atoms with van der Waals surface area (Å²) in [6.07, 6.45) is 0. The van der Waals surface area contributed by atoms with Gasteiger partial charge in [-0.15, -0.1) is 11.3 Å². The molecule has 0 saturated heterocycles. The standard InChI is InChI=1S/C16H9FN2OS2/c17-11-7-3-1-5-9(11)13-14-18-15(20)10-6-2-4-8-12(10)19(14)16(21)22-13/h1-8H,(H,18,20). The maximum Gasteiger partial charge on any atom is 0.258 e. The number of hydrogen-bond donors (Lipinski definition) is 1. The minimum Gasteiger partial charge on any atom is -0.306 e. The van der Waals surface area contributed by atoms with Crippen LogP contribution >= 0.6 is 23.6 Å². The largest absolute Gasteiger partial charge is 0.306 e. The Morgan fingerprint density at radius 2 is 1.82 bits per heavy atom. The van der Waals surface area contributed by atoms with Crippen molar-refractivity contribution in [1.82, 2.24) is 9.38 Å². The van der Waals surface area contributed by atoms with E-state index in [4.69, 9.17) is 12.2 Å². The van der Waals surface area contributed by atoms with Gasteiger partial charge in [-0.2, -0.15) is 0 Å². The molecule has 0 aliphatic carbocycles. The van der Waals surface area contributed by atoms with Gasteiger partial charge in [0.15, 0.2) is 3.95 Å². The fourth-order valence-corrected chi connectivity index (χ4v) is 3.98. The van der Waals surface area contributed by atoms with Crippen LogP contribution in [0.3, 0.4) is 0 Å². The van der Waals surface area contributed by atoms with Gasteiger partial charge >= 0.3 is 0 Å². The number of fused-ring (bicyclic) bond motifs is 3. The average molecular weight is 328 g/mol. The van der Waals surface area contributed by atoms with Crippen molar-refractivity contribution in [1.29, 1.82) is 0 Å². The molecule has 0 atom stereocenters. The Balaban J connectivity index is 2.23. The third kappa shape index (κ3) is 1.84. The monoisotopic (exact) mass is 328 g/mol. The summed E-state index contributed by atoms with van der Waals surface area (Å²) in [5, 5.41) is 0.559. The van der Waals surface area contributed by atoms with Crippen LogP contribution in [-0.4, -0.2) is 9.38 Å². The van der Waals surface area contributed by atoms with Crippen molar-refractivity contribution in [2.45, 2.75) is 0 Å². The first-order chi connectivity index (χ1) is 10.7. The predicted octanol–water partition coefficient (Wildman–Crippen LogP) is 4.38. The number of para-hydroxylation sites is 1. The molecule has 2 aromatic heterocycles. The molecule has 2 heterocycles. The van der Waals surface area contributed by atoms with Crippen LogP contribution < -0.4 is 5.56 Å². The molecule has 0 fully saturated rings. The SMILES string of the molecule is O=c1[nH]c2c(-c3ccccc3F)sc(=S)n2c2ccccc12. The summed E-state index contributed by atoms with van der Waals surface area (Å²) in [6, 6.07) is 13.7. The van der Waals surface area contributed by atoms with Gasteiger partial charge in [-0.1, -0.05) is 30.3 Å². The molecule has 0 amide bonds. The van der Waals surface area contributed by atoms with Crippen LogP contribution in [0.15, 0.2) is 53.3 Å². The van der Waals surface area contributed by atoms with Crippen molar-refractivity contribution in [3.63, 3.8) is 0 Å². The van der Waals surface area contributed by atoms with Gasteiger partial charge in [0.25, 0.3) is 5.56 Å². The molecule has 0 aliphatic heterocycles. The van der Waals surface area contributed by atoms with Gasteiger partial charge in [0.2, 0.25) is 0 Å². The highest BCUT2D eigenvalue weighted by atomic mass is 32.1. The summed E-state index contributed by atoms with van der Waals surface area (Å²) in [5.74, 6) is -0.338. The predicted molar refractivity (Wildman–Crippen MR) is 89.6 cm³/mol. The number of H-pyrrole nitrogens is 1. The Morgan fingerprint density at radius 3 is 2.64 bits per heavy atom. The van der Waals surface area contributed by atoms with Gasteiger partial charge in [0.05, 0.1) is 15.8 Å². The molecule has 4 rings (SSSR count). The van der Waals surface area contributed by atoms with Crippen LogP contribution in [0.1, 0.15) is 0 Å². The Morgan fingerprint density at radius 1 is 1.09 bits per heavy atom. The van der Waals surface area contributed by atoms with E-state index in [0.717, 1.165) is 5.52 Å². The highest BCUT2D eigenvalue weighted by Gasteiger charge is 2.15.